The number of anilines is 2. The molecule has 0 aliphatic heterocycles. The highest BCUT2D eigenvalue weighted by molar-refractivity contribution is 7.93. The number of halogens is 1. The molecule has 2 N–H and O–H groups in total. The highest BCUT2D eigenvalue weighted by atomic mass is 32.2. The number of rotatable bonds is 3. The summed E-state index contributed by atoms with van der Waals surface area (Å²) < 4.78 is 39.9. The average Bonchev–Trinajstić information content (AvgIpc) is 2.42. The third-order valence-electron chi connectivity index (χ3n) is 3.50. The zero-order valence-electron chi connectivity index (χ0n) is 12.1. The molecule has 0 amide bonds. The molecule has 6 heteroatoms. The van der Waals surface area contributed by atoms with Crippen molar-refractivity contribution in [2.45, 2.75) is 18.7 Å². The van der Waals surface area contributed by atoms with Crippen LogP contribution in [0, 0.1) is 19.7 Å². The molecule has 0 saturated carbocycles. The van der Waals surface area contributed by atoms with Gasteiger partial charge in [-0.2, -0.15) is 0 Å². The number of nitrogen functional groups attached to an aromatic ring is 1. The summed E-state index contributed by atoms with van der Waals surface area (Å²) in [4.78, 5) is 0.0641. The van der Waals surface area contributed by atoms with Gasteiger partial charge in [-0.25, -0.2) is 12.8 Å². The van der Waals surface area contributed by atoms with Gasteiger partial charge in [-0.05, 0) is 49.2 Å². The first-order valence-corrected chi connectivity index (χ1v) is 7.79. The molecule has 0 spiro atoms. The number of aryl methyl sites for hydroxylation is 1. The zero-order chi connectivity index (χ0) is 15.8. The fourth-order valence-corrected chi connectivity index (χ4v) is 3.68. The van der Waals surface area contributed by atoms with E-state index in [2.05, 4.69) is 0 Å². The van der Waals surface area contributed by atoms with E-state index in [1.165, 1.54) is 31.3 Å². The maximum atomic E-state index is 13.3. The highest BCUT2D eigenvalue weighted by Crippen LogP contribution is 2.30. The molecule has 2 aromatic carbocycles. The van der Waals surface area contributed by atoms with Gasteiger partial charge in [0.25, 0.3) is 10.0 Å². The van der Waals surface area contributed by atoms with E-state index < -0.39 is 15.8 Å². The lowest BCUT2D eigenvalue weighted by Gasteiger charge is -2.22. The van der Waals surface area contributed by atoms with E-state index in [4.69, 9.17) is 5.73 Å². The third kappa shape index (κ3) is 2.71. The largest absolute Gasteiger partial charge is 0.398 e. The van der Waals surface area contributed by atoms with Crippen molar-refractivity contribution >= 4 is 21.4 Å². The SMILES string of the molecule is Cc1ccc(N)c(S(=O)(=O)N(C)c2cccc(F)c2)c1C. The van der Waals surface area contributed by atoms with Gasteiger partial charge in [-0.15, -0.1) is 0 Å². The molecular weight excluding hydrogens is 291 g/mol. The summed E-state index contributed by atoms with van der Waals surface area (Å²) in [5.74, 6) is -0.497. The predicted molar refractivity (Wildman–Crippen MR) is 82.3 cm³/mol. The van der Waals surface area contributed by atoms with Crippen LogP contribution in [0.15, 0.2) is 41.3 Å². The number of sulfonamides is 1. The van der Waals surface area contributed by atoms with E-state index in [1.54, 1.807) is 19.1 Å². The van der Waals surface area contributed by atoms with Gasteiger partial charge < -0.3 is 5.73 Å². The predicted octanol–water partition coefficient (Wildman–Crippen LogP) is 2.85. The molecule has 2 aromatic rings. The highest BCUT2D eigenvalue weighted by Gasteiger charge is 2.26. The van der Waals surface area contributed by atoms with E-state index in [0.29, 0.717) is 5.56 Å². The summed E-state index contributed by atoms with van der Waals surface area (Å²) in [5.41, 5.74) is 7.69. The average molecular weight is 308 g/mol. The number of benzene rings is 2. The molecule has 0 heterocycles. The lowest BCUT2D eigenvalue weighted by Crippen LogP contribution is -2.28. The van der Waals surface area contributed by atoms with Gasteiger partial charge in [0.05, 0.1) is 11.4 Å². The van der Waals surface area contributed by atoms with Crippen LogP contribution in [0.2, 0.25) is 0 Å². The Balaban J connectivity index is 2.60. The summed E-state index contributed by atoms with van der Waals surface area (Å²) >= 11 is 0. The van der Waals surface area contributed by atoms with Gasteiger partial charge in [0, 0.05) is 7.05 Å². The molecule has 0 bridgehead atoms. The standard InChI is InChI=1S/C15H17FN2O2S/c1-10-7-8-14(17)15(11(10)2)21(19,20)18(3)13-6-4-5-12(16)9-13/h4-9H,17H2,1-3H3. The van der Waals surface area contributed by atoms with Crippen LogP contribution < -0.4 is 10.0 Å². The molecule has 0 aliphatic rings. The third-order valence-corrected chi connectivity index (χ3v) is 5.49. The fourth-order valence-electron chi connectivity index (χ4n) is 2.10. The Morgan fingerprint density at radius 3 is 2.43 bits per heavy atom. The topological polar surface area (TPSA) is 63.4 Å². The van der Waals surface area contributed by atoms with Crippen LogP contribution in [0.3, 0.4) is 0 Å². The number of nitrogens with zero attached hydrogens (tertiary/aromatic N) is 1. The Morgan fingerprint density at radius 2 is 1.81 bits per heavy atom. The Morgan fingerprint density at radius 1 is 1.14 bits per heavy atom. The second kappa shape index (κ2) is 5.37. The maximum Gasteiger partial charge on any atom is 0.266 e. The minimum absolute atomic E-state index is 0.0641. The number of hydrogen-bond donors (Lipinski definition) is 1. The van der Waals surface area contributed by atoms with Crippen molar-refractivity contribution in [3.05, 3.63) is 53.3 Å². The van der Waals surface area contributed by atoms with E-state index in [0.717, 1.165) is 9.87 Å². The molecule has 0 unspecified atom stereocenters. The second-order valence-electron chi connectivity index (χ2n) is 4.88. The first-order valence-electron chi connectivity index (χ1n) is 6.35. The minimum Gasteiger partial charge on any atom is -0.398 e. The summed E-state index contributed by atoms with van der Waals surface area (Å²) in [6.07, 6.45) is 0. The van der Waals surface area contributed by atoms with Gasteiger partial charge in [0.2, 0.25) is 0 Å². The molecule has 2 rings (SSSR count). The van der Waals surface area contributed by atoms with Gasteiger partial charge in [-0.1, -0.05) is 12.1 Å². The molecule has 4 nitrogen and oxygen atoms in total. The monoisotopic (exact) mass is 308 g/mol. The Kier molecular flexibility index (Phi) is 3.91. The first kappa shape index (κ1) is 15.3. The van der Waals surface area contributed by atoms with Crippen molar-refractivity contribution in [1.82, 2.24) is 0 Å². The molecule has 0 atom stereocenters. The molecule has 21 heavy (non-hydrogen) atoms. The van der Waals surface area contributed by atoms with Gasteiger partial charge in [0.1, 0.15) is 10.7 Å². The number of hydrogen-bond acceptors (Lipinski definition) is 3. The Hall–Kier alpha value is -2.08. The second-order valence-corrected chi connectivity index (χ2v) is 6.78. The van der Waals surface area contributed by atoms with Crippen LogP contribution in [-0.4, -0.2) is 15.5 Å². The van der Waals surface area contributed by atoms with Crippen molar-refractivity contribution in [3.63, 3.8) is 0 Å². The van der Waals surface area contributed by atoms with Crippen molar-refractivity contribution < 1.29 is 12.8 Å². The van der Waals surface area contributed by atoms with Gasteiger partial charge >= 0.3 is 0 Å². The maximum absolute atomic E-state index is 13.3. The van der Waals surface area contributed by atoms with Crippen molar-refractivity contribution in [3.8, 4) is 0 Å². The van der Waals surface area contributed by atoms with Crippen molar-refractivity contribution in [1.29, 1.82) is 0 Å². The fraction of sp³-hybridized carbons (Fsp3) is 0.200. The zero-order valence-corrected chi connectivity index (χ0v) is 12.9. The number of nitrogens with two attached hydrogens (primary N) is 1. The van der Waals surface area contributed by atoms with Crippen LogP contribution in [0.25, 0.3) is 0 Å². The van der Waals surface area contributed by atoms with Gasteiger partial charge in [-0.3, -0.25) is 4.31 Å². The van der Waals surface area contributed by atoms with Crippen LogP contribution in [-0.2, 0) is 10.0 Å². The molecule has 0 aliphatic carbocycles. The summed E-state index contributed by atoms with van der Waals surface area (Å²) in [6.45, 7) is 3.52. The molecule has 112 valence electrons. The smallest absolute Gasteiger partial charge is 0.266 e. The van der Waals surface area contributed by atoms with E-state index >= 15 is 0 Å². The Bertz CT molecular complexity index is 788. The first-order chi connectivity index (χ1) is 9.75. The van der Waals surface area contributed by atoms with Crippen LogP contribution in [0.1, 0.15) is 11.1 Å². The van der Waals surface area contributed by atoms with Crippen LogP contribution in [0.5, 0.6) is 0 Å². The van der Waals surface area contributed by atoms with E-state index in [9.17, 15) is 12.8 Å². The van der Waals surface area contributed by atoms with Gasteiger partial charge in [0.15, 0.2) is 0 Å². The molecule has 0 fully saturated rings. The minimum atomic E-state index is -3.85. The summed E-state index contributed by atoms with van der Waals surface area (Å²) in [6, 6.07) is 8.75. The van der Waals surface area contributed by atoms with Crippen molar-refractivity contribution in [2.24, 2.45) is 0 Å². The molecule has 0 aromatic heterocycles. The molecular formula is C15H17FN2O2S. The van der Waals surface area contributed by atoms with E-state index in [1.807, 2.05) is 6.92 Å². The van der Waals surface area contributed by atoms with Crippen LogP contribution in [0.4, 0.5) is 15.8 Å². The quantitative estimate of drug-likeness (QED) is 0.887. The lowest BCUT2D eigenvalue weighted by molar-refractivity contribution is 0.593. The Labute approximate surface area is 124 Å². The lowest BCUT2D eigenvalue weighted by atomic mass is 10.1. The summed E-state index contributed by atoms with van der Waals surface area (Å²) in [5, 5.41) is 0. The van der Waals surface area contributed by atoms with E-state index in [-0.39, 0.29) is 16.3 Å². The molecule has 0 radical (unpaired) electrons. The molecule has 0 saturated heterocycles. The van der Waals surface area contributed by atoms with Crippen LogP contribution >= 0.6 is 0 Å². The normalized spacial score (nSPS) is 11.4. The summed E-state index contributed by atoms with van der Waals surface area (Å²) in [7, 11) is -2.47. The van der Waals surface area contributed by atoms with Crippen molar-refractivity contribution in [2.75, 3.05) is 17.1 Å².